The molecule has 0 heterocycles. The summed E-state index contributed by atoms with van der Waals surface area (Å²) in [5, 5.41) is 2.98. The van der Waals surface area contributed by atoms with Crippen LogP contribution in [0.1, 0.15) is 28.4 Å². The highest BCUT2D eigenvalue weighted by Gasteiger charge is 2.14. The Hall–Kier alpha value is -2.55. The number of rotatable bonds is 5. The van der Waals surface area contributed by atoms with Gasteiger partial charge in [0.05, 0.1) is 5.56 Å². The van der Waals surface area contributed by atoms with E-state index in [1.807, 2.05) is 51.1 Å². The molecule has 0 spiro atoms. The number of ether oxygens (including phenoxy) is 1. The Bertz CT molecular complexity index is 684. The van der Waals surface area contributed by atoms with Crippen LogP contribution in [0.15, 0.2) is 54.6 Å². The Kier molecular flexibility index (Phi) is 4.99. The van der Waals surface area contributed by atoms with E-state index in [2.05, 4.69) is 11.9 Å². The molecule has 3 heteroatoms. The summed E-state index contributed by atoms with van der Waals surface area (Å²) in [5.41, 5.74) is 4.35. The molecule has 2 rings (SSSR count). The maximum atomic E-state index is 12.6. The van der Waals surface area contributed by atoms with Gasteiger partial charge in [-0.3, -0.25) is 4.79 Å². The van der Waals surface area contributed by atoms with Crippen LogP contribution in [0, 0.1) is 13.8 Å². The fourth-order valence-electron chi connectivity index (χ4n) is 2.17. The van der Waals surface area contributed by atoms with Gasteiger partial charge in [-0.05, 0) is 49.6 Å². The maximum absolute atomic E-state index is 12.6. The number of carbonyl (C=O) groups is 1. The van der Waals surface area contributed by atoms with E-state index in [9.17, 15) is 4.79 Å². The van der Waals surface area contributed by atoms with E-state index in [1.165, 1.54) is 0 Å². The first kappa shape index (κ1) is 15.8. The summed E-state index contributed by atoms with van der Waals surface area (Å²) < 4.78 is 5.66. The molecule has 2 aromatic carbocycles. The van der Waals surface area contributed by atoms with Crippen LogP contribution in [0.3, 0.4) is 0 Å². The lowest BCUT2D eigenvalue weighted by atomic mass is 10.1. The average molecular weight is 295 g/mol. The molecule has 22 heavy (non-hydrogen) atoms. The van der Waals surface area contributed by atoms with Gasteiger partial charge in [-0.1, -0.05) is 36.9 Å². The summed E-state index contributed by atoms with van der Waals surface area (Å²) in [7, 11) is 0. The van der Waals surface area contributed by atoms with Gasteiger partial charge in [-0.25, -0.2) is 0 Å². The second-order valence-corrected chi connectivity index (χ2v) is 5.46. The van der Waals surface area contributed by atoms with Crippen LogP contribution < -0.4 is 10.1 Å². The number of nitrogens with one attached hydrogen (secondary N) is 1. The van der Waals surface area contributed by atoms with Gasteiger partial charge in [0.2, 0.25) is 0 Å². The van der Waals surface area contributed by atoms with E-state index in [0.717, 1.165) is 22.4 Å². The third-order valence-corrected chi connectivity index (χ3v) is 3.33. The van der Waals surface area contributed by atoms with Crippen molar-refractivity contribution in [3.63, 3.8) is 0 Å². The highest BCUT2D eigenvalue weighted by molar-refractivity contribution is 6.06. The molecule has 0 fully saturated rings. The zero-order valence-electron chi connectivity index (χ0n) is 13.3. The van der Waals surface area contributed by atoms with Crippen molar-refractivity contribution >= 4 is 11.6 Å². The van der Waals surface area contributed by atoms with Gasteiger partial charge in [0.15, 0.2) is 0 Å². The molecule has 0 saturated carbocycles. The Morgan fingerprint density at radius 2 is 1.73 bits per heavy atom. The Morgan fingerprint density at radius 3 is 2.36 bits per heavy atom. The summed E-state index contributed by atoms with van der Waals surface area (Å²) in [5.74, 6) is 0.393. The second kappa shape index (κ2) is 6.94. The first-order chi connectivity index (χ1) is 10.5. The normalized spacial score (nSPS) is 10.1. The molecule has 0 bridgehead atoms. The van der Waals surface area contributed by atoms with Crippen molar-refractivity contribution in [2.75, 3.05) is 11.9 Å². The van der Waals surface area contributed by atoms with Crippen LogP contribution >= 0.6 is 0 Å². The maximum Gasteiger partial charge on any atom is 0.259 e. The van der Waals surface area contributed by atoms with Crippen LogP contribution in [0.5, 0.6) is 5.75 Å². The average Bonchev–Trinajstić information content (AvgIpc) is 2.49. The Labute approximate surface area is 131 Å². The standard InChI is InChI=1S/C19H21NO2/c1-13(2)12-22-17-11-6-5-10-16(17)19(21)20-18-14(3)8-7-9-15(18)4/h5-11H,1,12H2,2-4H3,(H,20,21). The Morgan fingerprint density at radius 1 is 1.09 bits per heavy atom. The smallest absolute Gasteiger partial charge is 0.259 e. The van der Waals surface area contributed by atoms with Gasteiger partial charge in [-0.15, -0.1) is 0 Å². The third kappa shape index (κ3) is 3.76. The van der Waals surface area contributed by atoms with E-state index >= 15 is 0 Å². The molecule has 0 saturated heterocycles. The predicted molar refractivity (Wildman–Crippen MR) is 90.6 cm³/mol. The third-order valence-electron chi connectivity index (χ3n) is 3.33. The van der Waals surface area contributed by atoms with Gasteiger partial charge < -0.3 is 10.1 Å². The van der Waals surface area contributed by atoms with Crippen LogP contribution in [0.25, 0.3) is 0 Å². The number of anilines is 1. The molecular formula is C19H21NO2. The summed E-state index contributed by atoms with van der Waals surface area (Å²) >= 11 is 0. The minimum atomic E-state index is -0.172. The molecule has 0 aliphatic heterocycles. The molecule has 0 atom stereocenters. The highest BCUT2D eigenvalue weighted by Crippen LogP contribution is 2.23. The van der Waals surface area contributed by atoms with E-state index in [1.54, 1.807) is 12.1 Å². The molecule has 0 radical (unpaired) electrons. The van der Waals surface area contributed by atoms with Crippen LogP contribution in [-0.4, -0.2) is 12.5 Å². The number of aryl methyl sites for hydroxylation is 2. The van der Waals surface area contributed by atoms with Crippen LogP contribution in [-0.2, 0) is 0 Å². The zero-order chi connectivity index (χ0) is 16.1. The predicted octanol–water partition coefficient (Wildman–Crippen LogP) is 4.51. The van der Waals surface area contributed by atoms with Crippen molar-refractivity contribution in [2.24, 2.45) is 0 Å². The van der Waals surface area contributed by atoms with Gasteiger partial charge >= 0.3 is 0 Å². The topological polar surface area (TPSA) is 38.3 Å². The number of carbonyl (C=O) groups excluding carboxylic acids is 1. The van der Waals surface area contributed by atoms with Crippen molar-refractivity contribution in [3.8, 4) is 5.75 Å². The van der Waals surface area contributed by atoms with Gasteiger partial charge in [0, 0.05) is 5.69 Å². The molecule has 3 nitrogen and oxygen atoms in total. The van der Waals surface area contributed by atoms with Crippen molar-refractivity contribution in [1.82, 2.24) is 0 Å². The summed E-state index contributed by atoms with van der Waals surface area (Å²) in [6.45, 7) is 10.1. The number of amides is 1. The molecule has 1 N–H and O–H groups in total. The van der Waals surface area contributed by atoms with E-state index in [0.29, 0.717) is 17.9 Å². The van der Waals surface area contributed by atoms with Gasteiger partial charge in [0.1, 0.15) is 12.4 Å². The molecule has 1 amide bonds. The molecule has 114 valence electrons. The first-order valence-corrected chi connectivity index (χ1v) is 7.23. The van der Waals surface area contributed by atoms with Crippen molar-refractivity contribution in [2.45, 2.75) is 20.8 Å². The molecular weight excluding hydrogens is 274 g/mol. The van der Waals surface area contributed by atoms with Crippen LogP contribution in [0.2, 0.25) is 0 Å². The molecule has 2 aromatic rings. The van der Waals surface area contributed by atoms with Crippen molar-refractivity contribution < 1.29 is 9.53 Å². The van der Waals surface area contributed by atoms with Crippen LogP contribution in [0.4, 0.5) is 5.69 Å². The fourth-order valence-corrected chi connectivity index (χ4v) is 2.17. The van der Waals surface area contributed by atoms with Crippen molar-refractivity contribution in [3.05, 3.63) is 71.3 Å². The first-order valence-electron chi connectivity index (χ1n) is 7.23. The monoisotopic (exact) mass is 295 g/mol. The van der Waals surface area contributed by atoms with E-state index < -0.39 is 0 Å². The SMILES string of the molecule is C=C(C)COc1ccccc1C(=O)Nc1c(C)cccc1C. The number of para-hydroxylation sites is 2. The highest BCUT2D eigenvalue weighted by atomic mass is 16.5. The lowest BCUT2D eigenvalue weighted by Crippen LogP contribution is -2.15. The van der Waals surface area contributed by atoms with Gasteiger partial charge in [0.25, 0.3) is 5.91 Å². The van der Waals surface area contributed by atoms with Crippen molar-refractivity contribution in [1.29, 1.82) is 0 Å². The molecule has 0 unspecified atom stereocenters. The van der Waals surface area contributed by atoms with E-state index in [-0.39, 0.29) is 5.91 Å². The summed E-state index contributed by atoms with van der Waals surface area (Å²) in [6.07, 6.45) is 0. The largest absolute Gasteiger partial charge is 0.488 e. The van der Waals surface area contributed by atoms with E-state index in [4.69, 9.17) is 4.74 Å². The zero-order valence-corrected chi connectivity index (χ0v) is 13.3. The number of benzene rings is 2. The van der Waals surface area contributed by atoms with Gasteiger partial charge in [-0.2, -0.15) is 0 Å². The lowest BCUT2D eigenvalue weighted by Gasteiger charge is -2.14. The summed E-state index contributed by atoms with van der Waals surface area (Å²) in [6, 6.07) is 13.2. The molecule has 0 aliphatic rings. The lowest BCUT2D eigenvalue weighted by molar-refractivity contribution is 0.102. The minimum absolute atomic E-state index is 0.172. The number of hydrogen-bond acceptors (Lipinski definition) is 2. The Balaban J connectivity index is 2.24. The molecule has 0 aliphatic carbocycles. The number of hydrogen-bond donors (Lipinski definition) is 1. The fraction of sp³-hybridized carbons (Fsp3) is 0.211. The quantitative estimate of drug-likeness (QED) is 0.824. The second-order valence-electron chi connectivity index (χ2n) is 5.46. The molecule has 0 aromatic heterocycles. The summed E-state index contributed by atoms with van der Waals surface area (Å²) in [4.78, 5) is 12.6. The minimum Gasteiger partial charge on any atom is -0.488 e.